The Kier molecular flexibility index (Phi) is 7.51. The van der Waals surface area contributed by atoms with Crippen molar-refractivity contribution < 1.29 is 24.2 Å². The third kappa shape index (κ3) is 5.54. The molecule has 1 aromatic heterocycles. The van der Waals surface area contributed by atoms with Crippen LogP contribution in [-0.2, 0) is 14.3 Å². The lowest BCUT2D eigenvalue weighted by Crippen LogP contribution is -2.49. The Bertz CT molecular complexity index is 1160. The SMILES string of the molecule is CC(C)C(NC(=O)C(CC(=O)O)NC(=O)OCC1c2ccccc2-c2ccccc21)c1cccs1. The van der Waals surface area contributed by atoms with Gasteiger partial charge in [-0.25, -0.2) is 4.79 Å². The molecule has 0 saturated carbocycles. The second-order valence-corrected chi connectivity index (χ2v) is 9.85. The van der Waals surface area contributed by atoms with Crippen LogP contribution in [-0.4, -0.2) is 35.7 Å². The van der Waals surface area contributed by atoms with Gasteiger partial charge < -0.3 is 20.5 Å². The van der Waals surface area contributed by atoms with E-state index >= 15 is 0 Å². The minimum absolute atomic E-state index is 0.0745. The number of alkyl carbamates (subject to hydrolysis) is 1. The summed E-state index contributed by atoms with van der Waals surface area (Å²) in [6.45, 7) is 4.01. The van der Waals surface area contributed by atoms with E-state index < -0.39 is 30.4 Å². The number of rotatable bonds is 9. The normalized spacial score (nSPS) is 14.0. The number of hydrogen-bond donors (Lipinski definition) is 3. The molecule has 0 saturated heterocycles. The number of nitrogens with one attached hydrogen (secondary N) is 2. The molecule has 1 aliphatic rings. The van der Waals surface area contributed by atoms with Crippen molar-refractivity contribution >= 4 is 29.3 Å². The zero-order valence-corrected chi connectivity index (χ0v) is 20.4. The van der Waals surface area contributed by atoms with Crippen LogP contribution in [0.4, 0.5) is 4.79 Å². The van der Waals surface area contributed by atoms with Crippen molar-refractivity contribution in [3.8, 4) is 11.1 Å². The smallest absolute Gasteiger partial charge is 0.407 e. The first-order chi connectivity index (χ1) is 16.8. The zero-order valence-electron chi connectivity index (χ0n) is 19.6. The standard InChI is InChI=1S/C27H28N2O5S/c1-16(2)25(23-12-7-13-35-23)29-26(32)22(14-24(30)31)28-27(33)34-15-21-19-10-5-3-8-17(19)18-9-4-6-11-20(18)21/h3-13,16,21-22,25H,14-15H2,1-2H3,(H,28,33)(H,29,32)(H,30,31). The predicted molar refractivity (Wildman–Crippen MR) is 134 cm³/mol. The highest BCUT2D eigenvalue weighted by Crippen LogP contribution is 2.44. The molecule has 8 heteroatoms. The summed E-state index contributed by atoms with van der Waals surface area (Å²) in [5.74, 6) is -1.81. The highest BCUT2D eigenvalue weighted by atomic mass is 32.1. The molecule has 0 radical (unpaired) electrons. The lowest BCUT2D eigenvalue weighted by atomic mass is 9.98. The lowest BCUT2D eigenvalue weighted by Gasteiger charge is -2.24. The summed E-state index contributed by atoms with van der Waals surface area (Å²) >= 11 is 1.51. The number of carboxylic acid groups (broad SMARTS) is 1. The van der Waals surface area contributed by atoms with Crippen molar-refractivity contribution in [1.29, 1.82) is 0 Å². The van der Waals surface area contributed by atoms with Gasteiger partial charge in [-0.05, 0) is 39.6 Å². The van der Waals surface area contributed by atoms with Crippen molar-refractivity contribution in [2.24, 2.45) is 5.92 Å². The molecule has 7 nitrogen and oxygen atoms in total. The van der Waals surface area contributed by atoms with Crippen LogP contribution >= 0.6 is 11.3 Å². The molecule has 2 amide bonds. The Morgan fingerprint density at radius 3 is 2.11 bits per heavy atom. The fourth-order valence-electron chi connectivity index (χ4n) is 4.45. The molecular formula is C27H28N2O5S. The molecule has 0 aliphatic heterocycles. The number of aliphatic carboxylic acids is 1. The van der Waals surface area contributed by atoms with Gasteiger partial charge in [0.15, 0.2) is 0 Å². The van der Waals surface area contributed by atoms with Gasteiger partial charge in [-0.15, -0.1) is 11.3 Å². The van der Waals surface area contributed by atoms with E-state index in [1.807, 2.05) is 79.9 Å². The Balaban J connectivity index is 1.43. The van der Waals surface area contributed by atoms with Crippen LogP contribution in [0.5, 0.6) is 0 Å². The van der Waals surface area contributed by atoms with Crippen LogP contribution in [0, 0.1) is 5.92 Å². The first kappa shape index (κ1) is 24.5. The minimum atomic E-state index is -1.26. The van der Waals surface area contributed by atoms with Crippen LogP contribution in [0.3, 0.4) is 0 Å². The Hall–Kier alpha value is -3.65. The largest absolute Gasteiger partial charge is 0.481 e. The average molecular weight is 493 g/mol. The van der Waals surface area contributed by atoms with Gasteiger partial charge in [-0.1, -0.05) is 68.4 Å². The first-order valence-electron chi connectivity index (χ1n) is 11.5. The molecule has 0 bridgehead atoms. The summed E-state index contributed by atoms with van der Waals surface area (Å²) < 4.78 is 5.51. The van der Waals surface area contributed by atoms with Gasteiger partial charge in [0, 0.05) is 10.8 Å². The van der Waals surface area contributed by atoms with Crippen LogP contribution < -0.4 is 10.6 Å². The number of amides is 2. The molecule has 1 heterocycles. The first-order valence-corrected chi connectivity index (χ1v) is 12.4. The molecule has 2 aromatic carbocycles. The number of carbonyl (C=O) groups is 3. The van der Waals surface area contributed by atoms with E-state index in [0.29, 0.717) is 0 Å². The van der Waals surface area contributed by atoms with E-state index in [9.17, 15) is 19.5 Å². The fraction of sp³-hybridized carbons (Fsp3) is 0.296. The van der Waals surface area contributed by atoms with Crippen molar-refractivity contribution in [3.63, 3.8) is 0 Å². The van der Waals surface area contributed by atoms with Gasteiger partial charge in [-0.2, -0.15) is 0 Å². The van der Waals surface area contributed by atoms with Crippen molar-refractivity contribution in [2.75, 3.05) is 6.61 Å². The highest BCUT2D eigenvalue weighted by Gasteiger charge is 2.31. The van der Waals surface area contributed by atoms with Crippen LogP contribution in [0.2, 0.25) is 0 Å². The molecule has 3 N–H and O–H groups in total. The maximum absolute atomic E-state index is 13.0. The molecular weight excluding hydrogens is 464 g/mol. The van der Waals surface area contributed by atoms with Gasteiger partial charge in [0.1, 0.15) is 12.6 Å². The van der Waals surface area contributed by atoms with E-state index in [-0.39, 0.29) is 24.5 Å². The Labute approximate surface area is 208 Å². The van der Waals surface area contributed by atoms with Crippen molar-refractivity contribution in [1.82, 2.24) is 10.6 Å². The van der Waals surface area contributed by atoms with Crippen molar-refractivity contribution in [3.05, 3.63) is 82.0 Å². The molecule has 0 fully saturated rings. The van der Waals surface area contributed by atoms with E-state index in [0.717, 1.165) is 27.1 Å². The van der Waals surface area contributed by atoms with E-state index in [1.54, 1.807) is 0 Å². The molecule has 3 aromatic rings. The number of benzene rings is 2. The Morgan fingerprint density at radius 2 is 1.57 bits per heavy atom. The van der Waals surface area contributed by atoms with E-state index in [4.69, 9.17) is 4.74 Å². The topological polar surface area (TPSA) is 105 Å². The summed E-state index contributed by atoms with van der Waals surface area (Å²) in [4.78, 5) is 38.0. The third-order valence-electron chi connectivity index (χ3n) is 6.15. The van der Waals surface area contributed by atoms with Gasteiger partial charge in [0.25, 0.3) is 0 Å². The van der Waals surface area contributed by atoms with Gasteiger partial charge >= 0.3 is 12.1 Å². The number of carbonyl (C=O) groups excluding carboxylic acids is 2. The maximum atomic E-state index is 13.0. The third-order valence-corrected chi connectivity index (χ3v) is 7.10. The van der Waals surface area contributed by atoms with Gasteiger partial charge in [-0.3, -0.25) is 9.59 Å². The summed E-state index contributed by atoms with van der Waals surface area (Å²) in [5, 5.41) is 16.6. The molecule has 2 atom stereocenters. The minimum Gasteiger partial charge on any atom is -0.481 e. The van der Waals surface area contributed by atoms with Crippen molar-refractivity contribution in [2.45, 2.75) is 38.3 Å². The molecule has 1 aliphatic carbocycles. The van der Waals surface area contributed by atoms with Crippen LogP contribution in [0.25, 0.3) is 11.1 Å². The average Bonchev–Trinajstić information content (AvgIpc) is 3.47. The second-order valence-electron chi connectivity index (χ2n) is 8.87. The van der Waals surface area contributed by atoms with E-state index in [1.165, 1.54) is 11.3 Å². The monoisotopic (exact) mass is 492 g/mol. The fourth-order valence-corrected chi connectivity index (χ4v) is 5.40. The van der Waals surface area contributed by atoms with Gasteiger partial charge in [0.2, 0.25) is 5.91 Å². The number of thiophene rings is 1. The summed E-state index contributed by atoms with van der Waals surface area (Å²) in [6, 6.07) is 18.2. The maximum Gasteiger partial charge on any atom is 0.407 e. The lowest BCUT2D eigenvalue weighted by molar-refractivity contribution is -0.140. The Morgan fingerprint density at radius 1 is 0.943 bits per heavy atom. The molecule has 2 unspecified atom stereocenters. The number of hydrogen-bond acceptors (Lipinski definition) is 5. The second kappa shape index (κ2) is 10.7. The molecule has 0 spiro atoms. The van der Waals surface area contributed by atoms with Crippen LogP contribution in [0.15, 0.2) is 66.0 Å². The highest BCUT2D eigenvalue weighted by molar-refractivity contribution is 7.10. The number of ether oxygens (including phenoxy) is 1. The quantitative estimate of drug-likeness (QED) is 0.392. The zero-order chi connectivity index (χ0) is 24.9. The predicted octanol–water partition coefficient (Wildman–Crippen LogP) is 4.94. The molecule has 35 heavy (non-hydrogen) atoms. The number of fused-ring (bicyclic) bond motifs is 3. The summed E-state index contributed by atoms with van der Waals surface area (Å²) in [5.41, 5.74) is 4.34. The summed E-state index contributed by atoms with van der Waals surface area (Å²) in [7, 11) is 0. The van der Waals surface area contributed by atoms with Crippen LogP contribution in [0.1, 0.15) is 48.2 Å². The van der Waals surface area contributed by atoms with E-state index in [2.05, 4.69) is 10.6 Å². The molecule has 4 rings (SSSR count). The molecule has 182 valence electrons. The number of carboxylic acids is 1. The summed E-state index contributed by atoms with van der Waals surface area (Å²) in [6.07, 6.45) is -1.38. The van der Waals surface area contributed by atoms with Gasteiger partial charge in [0.05, 0.1) is 12.5 Å².